The standard InChI is InChI=1S/C17H20N4O/c1-11-7-17(20-12(2)19-11)21-14(10-22)8-13-9-18-16-6-4-3-5-15(13)16/h3-7,9,14,18,22H,8,10H2,1-2H3,(H,19,20,21)/t14-/m1/s1. The van der Waals surface area contributed by atoms with Crippen molar-refractivity contribution in [1.29, 1.82) is 0 Å². The quantitative estimate of drug-likeness (QED) is 0.676. The number of anilines is 1. The van der Waals surface area contributed by atoms with Gasteiger partial charge in [-0.25, -0.2) is 9.97 Å². The van der Waals surface area contributed by atoms with Gasteiger partial charge in [0.2, 0.25) is 0 Å². The zero-order chi connectivity index (χ0) is 15.5. The third-order valence-electron chi connectivity index (χ3n) is 3.68. The summed E-state index contributed by atoms with van der Waals surface area (Å²) < 4.78 is 0. The Morgan fingerprint density at radius 3 is 2.82 bits per heavy atom. The summed E-state index contributed by atoms with van der Waals surface area (Å²) in [5.41, 5.74) is 3.21. The van der Waals surface area contributed by atoms with E-state index in [-0.39, 0.29) is 12.6 Å². The summed E-state index contributed by atoms with van der Waals surface area (Å²) in [7, 11) is 0. The molecule has 0 saturated carbocycles. The van der Waals surface area contributed by atoms with Gasteiger partial charge in [0, 0.05) is 28.9 Å². The monoisotopic (exact) mass is 296 g/mol. The van der Waals surface area contributed by atoms with Crippen LogP contribution in [-0.4, -0.2) is 32.7 Å². The molecule has 5 nitrogen and oxygen atoms in total. The minimum Gasteiger partial charge on any atom is -0.394 e. The van der Waals surface area contributed by atoms with Crippen LogP contribution >= 0.6 is 0 Å². The van der Waals surface area contributed by atoms with E-state index in [2.05, 4.69) is 32.4 Å². The minimum absolute atomic E-state index is 0.0433. The van der Waals surface area contributed by atoms with Gasteiger partial charge in [0.15, 0.2) is 0 Å². The lowest BCUT2D eigenvalue weighted by atomic mass is 10.1. The molecular formula is C17H20N4O. The van der Waals surface area contributed by atoms with E-state index >= 15 is 0 Å². The number of aliphatic hydroxyl groups is 1. The number of H-pyrrole nitrogens is 1. The molecule has 0 fully saturated rings. The number of fused-ring (bicyclic) bond motifs is 1. The van der Waals surface area contributed by atoms with Gasteiger partial charge in [-0.2, -0.15) is 0 Å². The Morgan fingerprint density at radius 1 is 1.23 bits per heavy atom. The first kappa shape index (κ1) is 14.5. The summed E-state index contributed by atoms with van der Waals surface area (Å²) in [6, 6.07) is 9.99. The van der Waals surface area contributed by atoms with E-state index in [0.717, 1.165) is 29.3 Å². The molecule has 3 N–H and O–H groups in total. The van der Waals surface area contributed by atoms with Gasteiger partial charge in [-0.15, -0.1) is 0 Å². The molecule has 22 heavy (non-hydrogen) atoms. The molecule has 3 rings (SSSR count). The Balaban J connectivity index is 1.79. The molecular weight excluding hydrogens is 276 g/mol. The van der Waals surface area contributed by atoms with Crippen LogP contribution in [-0.2, 0) is 6.42 Å². The van der Waals surface area contributed by atoms with Crippen LogP contribution < -0.4 is 5.32 Å². The number of benzene rings is 1. The number of aliphatic hydroxyl groups excluding tert-OH is 1. The van der Waals surface area contributed by atoms with Gasteiger partial charge in [0.1, 0.15) is 11.6 Å². The number of aryl methyl sites for hydroxylation is 2. The van der Waals surface area contributed by atoms with Crippen molar-refractivity contribution in [2.45, 2.75) is 26.3 Å². The van der Waals surface area contributed by atoms with Crippen LogP contribution in [0, 0.1) is 13.8 Å². The highest BCUT2D eigenvalue weighted by Gasteiger charge is 2.13. The normalized spacial score (nSPS) is 12.5. The van der Waals surface area contributed by atoms with Crippen molar-refractivity contribution in [3.8, 4) is 0 Å². The average Bonchev–Trinajstić information content (AvgIpc) is 2.89. The minimum atomic E-state index is -0.0899. The van der Waals surface area contributed by atoms with Crippen molar-refractivity contribution >= 4 is 16.7 Å². The van der Waals surface area contributed by atoms with Crippen LogP contribution in [0.3, 0.4) is 0 Å². The molecule has 0 unspecified atom stereocenters. The molecule has 2 aromatic heterocycles. The maximum atomic E-state index is 9.68. The first-order valence-electron chi connectivity index (χ1n) is 7.40. The number of hydrogen-bond acceptors (Lipinski definition) is 4. The Labute approximate surface area is 129 Å². The highest BCUT2D eigenvalue weighted by molar-refractivity contribution is 5.83. The van der Waals surface area contributed by atoms with Crippen LogP contribution in [0.1, 0.15) is 17.1 Å². The van der Waals surface area contributed by atoms with E-state index in [1.807, 2.05) is 38.2 Å². The molecule has 5 heteroatoms. The topological polar surface area (TPSA) is 73.8 Å². The van der Waals surface area contributed by atoms with Crippen molar-refractivity contribution in [1.82, 2.24) is 15.0 Å². The lowest BCUT2D eigenvalue weighted by Crippen LogP contribution is -2.27. The second-order valence-electron chi connectivity index (χ2n) is 5.53. The van der Waals surface area contributed by atoms with E-state index in [0.29, 0.717) is 0 Å². The molecule has 2 heterocycles. The zero-order valence-corrected chi connectivity index (χ0v) is 12.8. The second kappa shape index (κ2) is 6.15. The third kappa shape index (κ3) is 3.09. The second-order valence-corrected chi connectivity index (χ2v) is 5.53. The van der Waals surface area contributed by atoms with Crippen LogP contribution in [0.15, 0.2) is 36.5 Å². The van der Waals surface area contributed by atoms with Crippen LogP contribution in [0.2, 0.25) is 0 Å². The fourth-order valence-corrected chi connectivity index (χ4v) is 2.73. The Bertz CT molecular complexity index is 761. The third-order valence-corrected chi connectivity index (χ3v) is 3.68. The maximum Gasteiger partial charge on any atom is 0.130 e. The van der Waals surface area contributed by atoms with Gasteiger partial charge in [0.05, 0.1) is 12.6 Å². The van der Waals surface area contributed by atoms with Crippen molar-refractivity contribution in [3.05, 3.63) is 53.6 Å². The van der Waals surface area contributed by atoms with E-state index in [1.165, 1.54) is 10.9 Å². The van der Waals surface area contributed by atoms with Gasteiger partial charge in [-0.3, -0.25) is 0 Å². The van der Waals surface area contributed by atoms with Crippen molar-refractivity contribution in [2.75, 3.05) is 11.9 Å². The molecule has 1 atom stereocenters. The summed E-state index contributed by atoms with van der Waals surface area (Å²) in [6.45, 7) is 3.85. The summed E-state index contributed by atoms with van der Waals surface area (Å²) in [6.07, 6.45) is 2.73. The fraction of sp³-hybridized carbons (Fsp3) is 0.294. The summed E-state index contributed by atoms with van der Waals surface area (Å²) in [5.74, 6) is 1.48. The molecule has 0 amide bonds. The Morgan fingerprint density at radius 2 is 2.05 bits per heavy atom. The van der Waals surface area contributed by atoms with Crippen molar-refractivity contribution < 1.29 is 5.11 Å². The van der Waals surface area contributed by atoms with Gasteiger partial charge in [-0.1, -0.05) is 18.2 Å². The predicted molar refractivity (Wildman–Crippen MR) is 88.0 cm³/mol. The van der Waals surface area contributed by atoms with Gasteiger partial charge >= 0.3 is 0 Å². The lowest BCUT2D eigenvalue weighted by Gasteiger charge is -2.17. The molecule has 3 aromatic rings. The highest BCUT2D eigenvalue weighted by atomic mass is 16.3. The first-order valence-corrected chi connectivity index (χ1v) is 7.40. The molecule has 1 aromatic carbocycles. The molecule has 0 aliphatic heterocycles. The van der Waals surface area contributed by atoms with Crippen LogP contribution in [0.25, 0.3) is 10.9 Å². The molecule has 0 aliphatic carbocycles. The predicted octanol–water partition coefficient (Wildman–Crippen LogP) is 2.59. The molecule has 0 radical (unpaired) electrons. The summed E-state index contributed by atoms with van der Waals surface area (Å²) in [5, 5.41) is 14.2. The maximum absolute atomic E-state index is 9.68. The lowest BCUT2D eigenvalue weighted by molar-refractivity contribution is 0.273. The number of aromatic nitrogens is 3. The number of para-hydroxylation sites is 1. The highest BCUT2D eigenvalue weighted by Crippen LogP contribution is 2.20. The number of hydrogen-bond donors (Lipinski definition) is 3. The van der Waals surface area contributed by atoms with E-state index < -0.39 is 0 Å². The number of rotatable bonds is 5. The molecule has 0 bridgehead atoms. The molecule has 0 saturated heterocycles. The van der Waals surface area contributed by atoms with Crippen LogP contribution in [0.5, 0.6) is 0 Å². The molecule has 0 aliphatic rings. The summed E-state index contributed by atoms with van der Waals surface area (Å²) >= 11 is 0. The molecule has 0 spiro atoms. The fourth-order valence-electron chi connectivity index (χ4n) is 2.73. The summed E-state index contributed by atoms with van der Waals surface area (Å²) in [4.78, 5) is 11.9. The Kier molecular flexibility index (Phi) is 4.06. The Hall–Kier alpha value is -2.40. The zero-order valence-electron chi connectivity index (χ0n) is 12.8. The van der Waals surface area contributed by atoms with E-state index in [1.54, 1.807) is 0 Å². The van der Waals surface area contributed by atoms with Crippen molar-refractivity contribution in [3.63, 3.8) is 0 Å². The number of aromatic amines is 1. The van der Waals surface area contributed by atoms with Gasteiger partial charge < -0.3 is 15.4 Å². The first-order chi connectivity index (χ1) is 10.7. The van der Waals surface area contributed by atoms with E-state index in [4.69, 9.17) is 0 Å². The largest absolute Gasteiger partial charge is 0.394 e. The number of nitrogens with one attached hydrogen (secondary N) is 2. The smallest absolute Gasteiger partial charge is 0.130 e. The number of nitrogens with zero attached hydrogens (tertiary/aromatic N) is 2. The SMILES string of the molecule is Cc1cc(N[C@@H](CO)Cc2c[nH]c3ccccc23)nc(C)n1. The average molecular weight is 296 g/mol. The van der Waals surface area contributed by atoms with E-state index in [9.17, 15) is 5.11 Å². The van der Waals surface area contributed by atoms with Gasteiger partial charge in [-0.05, 0) is 31.9 Å². The van der Waals surface area contributed by atoms with Gasteiger partial charge in [0.25, 0.3) is 0 Å². The molecule has 114 valence electrons. The van der Waals surface area contributed by atoms with Crippen molar-refractivity contribution in [2.24, 2.45) is 0 Å². The van der Waals surface area contributed by atoms with Crippen LogP contribution in [0.4, 0.5) is 5.82 Å².